The highest BCUT2D eigenvalue weighted by molar-refractivity contribution is 7.98. The number of nitrogens with one attached hydrogen (secondary N) is 1. The van der Waals surface area contributed by atoms with Crippen molar-refractivity contribution in [2.24, 2.45) is 0 Å². The van der Waals surface area contributed by atoms with E-state index in [9.17, 15) is 9.18 Å². The zero-order chi connectivity index (χ0) is 19.8. The van der Waals surface area contributed by atoms with Crippen LogP contribution in [-0.2, 0) is 16.1 Å². The number of carbonyl (C=O) groups excluding carboxylic acids is 1. The number of pyridine rings is 1. The van der Waals surface area contributed by atoms with Gasteiger partial charge in [0, 0.05) is 28.6 Å². The predicted octanol–water partition coefficient (Wildman–Crippen LogP) is 3.89. The van der Waals surface area contributed by atoms with Crippen LogP contribution >= 0.6 is 23.4 Å². The van der Waals surface area contributed by atoms with E-state index in [4.69, 9.17) is 21.1 Å². The summed E-state index contributed by atoms with van der Waals surface area (Å²) in [6.45, 7) is 4.00. The van der Waals surface area contributed by atoms with Crippen LogP contribution in [0.3, 0.4) is 0 Å². The zero-order valence-corrected chi connectivity index (χ0v) is 16.8. The number of nitrogens with zero attached hydrogens (tertiary/aromatic N) is 1. The standard InChI is InChI=1S/C19H22ClFN2O3S/c1-12(20)11-26-18-14(8-13-4-5-15(21)9-17(13)23-18)10-22-16(6-7-27-3)19(24)25-2/h4-5,8-9,16,22H,1,6-7,10-11H2,2-3H3. The largest absolute Gasteiger partial charge is 0.472 e. The van der Waals surface area contributed by atoms with E-state index < -0.39 is 6.04 Å². The van der Waals surface area contributed by atoms with Crippen molar-refractivity contribution in [2.75, 3.05) is 25.7 Å². The number of thioether (sulfide) groups is 1. The Hall–Kier alpha value is -1.83. The summed E-state index contributed by atoms with van der Waals surface area (Å²) in [6.07, 6.45) is 2.61. The summed E-state index contributed by atoms with van der Waals surface area (Å²) in [5.74, 6) is 0.431. The molecule has 2 aromatic rings. The van der Waals surface area contributed by atoms with Crippen LogP contribution in [0.1, 0.15) is 12.0 Å². The molecule has 1 aromatic heterocycles. The molecule has 1 aromatic carbocycles. The molecule has 1 heterocycles. The molecule has 0 aliphatic carbocycles. The van der Waals surface area contributed by atoms with Crippen LogP contribution in [0.2, 0.25) is 0 Å². The Balaban J connectivity index is 2.27. The van der Waals surface area contributed by atoms with Gasteiger partial charge in [-0.15, -0.1) is 0 Å². The molecule has 1 N–H and O–H groups in total. The van der Waals surface area contributed by atoms with Crippen molar-refractivity contribution in [3.63, 3.8) is 0 Å². The van der Waals surface area contributed by atoms with Gasteiger partial charge in [0.1, 0.15) is 18.5 Å². The normalized spacial score (nSPS) is 12.0. The first-order valence-corrected chi connectivity index (χ1v) is 10.1. The lowest BCUT2D eigenvalue weighted by Gasteiger charge is -2.18. The minimum atomic E-state index is -0.442. The van der Waals surface area contributed by atoms with Gasteiger partial charge in [-0.05, 0) is 36.6 Å². The van der Waals surface area contributed by atoms with Crippen LogP contribution in [0.25, 0.3) is 10.9 Å². The summed E-state index contributed by atoms with van der Waals surface area (Å²) in [5, 5.41) is 4.28. The molecular formula is C19H22ClFN2O3S. The first-order valence-electron chi connectivity index (χ1n) is 8.30. The molecule has 0 spiro atoms. The minimum Gasteiger partial charge on any atom is -0.472 e. The van der Waals surface area contributed by atoms with Gasteiger partial charge in [-0.3, -0.25) is 4.79 Å². The molecule has 0 saturated carbocycles. The first kappa shape index (κ1) is 21.5. The zero-order valence-electron chi connectivity index (χ0n) is 15.3. The Morgan fingerprint density at radius 1 is 1.44 bits per heavy atom. The topological polar surface area (TPSA) is 60.5 Å². The smallest absolute Gasteiger partial charge is 0.322 e. The Kier molecular flexibility index (Phi) is 8.34. The molecule has 1 unspecified atom stereocenters. The third-order valence-electron chi connectivity index (χ3n) is 3.82. The van der Waals surface area contributed by atoms with Crippen LogP contribution in [0.4, 0.5) is 4.39 Å². The third kappa shape index (κ3) is 6.37. The van der Waals surface area contributed by atoms with Gasteiger partial charge in [-0.2, -0.15) is 11.8 Å². The Morgan fingerprint density at radius 2 is 2.22 bits per heavy atom. The van der Waals surface area contributed by atoms with Gasteiger partial charge in [-0.25, -0.2) is 9.37 Å². The molecule has 0 amide bonds. The molecule has 0 bridgehead atoms. The van der Waals surface area contributed by atoms with Gasteiger partial charge < -0.3 is 14.8 Å². The maximum absolute atomic E-state index is 13.5. The van der Waals surface area contributed by atoms with Gasteiger partial charge in [-0.1, -0.05) is 18.2 Å². The Bertz CT molecular complexity index is 819. The highest BCUT2D eigenvalue weighted by Gasteiger charge is 2.19. The molecule has 0 aliphatic heterocycles. The number of methoxy groups -OCH3 is 1. The average Bonchev–Trinajstić information content (AvgIpc) is 2.65. The third-order valence-corrected chi connectivity index (χ3v) is 4.57. The van der Waals surface area contributed by atoms with E-state index in [0.717, 1.165) is 16.7 Å². The minimum absolute atomic E-state index is 0.0787. The molecule has 2 rings (SSSR count). The molecule has 1 atom stereocenters. The van der Waals surface area contributed by atoms with Crippen LogP contribution in [0.15, 0.2) is 35.9 Å². The summed E-state index contributed by atoms with van der Waals surface area (Å²) in [4.78, 5) is 16.4. The molecule has 27 heavy (non-hydrogen) atoms. The van der Waals surface area contributed by atoms with Crippen molar-refractivity contribution in [2.45, 2.75) is 19.0 Å². The lowest BCUT2D eigenvalue weighted by Crippen LogP contribution is -2.37. The fourth-order valence-electron chi connectivity index (χ4n) is 2.48. The second kappa shape index (κ2) is 10.5. The van der Waals surface area contributed by atoms with Crippen LogP contribution in [-0.4, -0.2) is 42.7 Å². The number of ether oxygens (including phenoxy) is 2. The summed E-state index contributed by atoms with van der Waals surface area (Å²) in [5.41, 5.74) is 1.20. The lowest BCUT2D eigenvalue weighted by molar-refractivity contribution is -0.143. The second-order valence-electron chi connectivity index (χ2n) is 5.83. The lowest BCUT2D eigenvalue weighted by atomic mass is 10.1. The first-order chi connectivity index (χ1) is 12.9. The van der Waals surface area contributed by atoms with E-state index in [-0.39, 0.29) is 18.4 Å². The number of rotatable bonds is 10. The SMILES string of the molecule is C=C(Cl)COc1nc2cc(F)ccc2cc1CNC(CCSC)C(=O)OC. The van der Waals surface area contributed by atoms with Crippen LogP contribution in [0.5, 0.6) is 5.88 Å². The van der Waals surface area contributed by atoms with Gasteiger partial charge in [0.2, 0.25) is 5.88 Å². The molecule has 0 aliphatic rings. The molecule has 0 radical (unpaired) electrons. The van der Waals surface area contributed by atoms with E-state index in [1.807, 2.05) is 12.3 Å². The number of hydrogen-bond donors (Lipinski definition) is 1. The fourth-order valence-corrected chi connectivity index (χ4v) is 3.00. The summed E-state index contributed by atoms with van der Waals surface area (Å²) < 4.78 is 24.0. The van der Waals surface area contributed by atoms with E-state index >= 15 is 0 Å². The van der Waals surface area contributed by atoms with Crippen molar-refractivity contribution < 1.29 is 18.7 Å². The highest BCUT2D eigenvalue weighted by Crippen LogP contribution is 2.24. The predicted molar refractivity (Wildman–Crippen MR) is 108 cm³/mol. The van der Waals surface area contributed by atoms with Gasteiger partial charge in [0.25, 0.3) is 0 Å². The van der Waals surface area contributed by atoms with Crippen molar-refractivity contribution >= 4 is 40.2 Å². The summed E-state index contributed by atoms with van der Waals surface area (Å²) in [7, 11) is 1.36. The van der Waals surface area contributed by atoms with Crippen LogP contribution in [0, 0.1) is 5.82 Å². The van der Waals surface area contributed by atoms with Gasteiger partial charge in [0.15, 0.2) is 0 Å². The molecule has 146 valence electrons. The van der Waals surface area contributed by atoms with Gasteiger partial charge in [0.05, 0.1) is 12.6 Å². The Labute approximate surface area is 167 Å². The maximum Gasteiger partial charge on any atom is 0.322 e. The highest BCUT2D eigenvalue weighted by atomic mass is 35.5. The van der Waals surface area contributed by atoms with Gasteiger partial charge >= 0.3 is 5.97 Å². The van der Waals surface area contributed by atoms with Crippen molar-refractivity contribution in [3.8, 4) is 5.88 Å². The Morgan fingerprint density at radius 3 is 2.89 bits per heavy atom. The molecule has 0 fully saturated rings. The van der Waals surface area contributed by atoms with E-state index in [1.165, 1.54) is 19.2 Å². The molecular weight excluding hydrogens is 391 g/mol. The monoisotopic (exact) mass is 412 g/mol. The number of aromatic nitrogens is 1. The maximum atomic E-state index is 13.5. The molecule has 5 nitrogen and oxygen atoms in total. The number of benzene rings is 1. The average molecular weight is 413 g/mol. The second-order valence-corrected chi connectivity index (χ2v) is 7.35. The fraction of sp³-hybridized carbons (Fsp3) is 0.368. The summed E-state index contributed by atoms with van der Waals surface area (Å²) in [6, 6.07) is 5.77. The number of hydrogen-bond acceptors (Lipinski definition) is 6. The van der Waals surface area contributed by atoms with Crippen molar-refractivity contribution in [1.82, 2.24) is 10.3 Å². The quantitative estimate of drug-likeness (QED) is 0.597. The van der Waals surface area contributed by atoms with Crippen LogP contribution < -0.4 is 10.1 Å². The number of esters is 1. The van der Waals surface area contributed by atoms with E-state index in [0.29, 0.717) is 29.4 Å². The summed E-state index contributed by atoms with van der Waals surface area (Å²) >= 11 is 7.43. The van der Waals surface area contributed by atoms with E-state index in [2.05, 4.69) is 16.9 Å². The van der Waals surface area contributed by atoms with E-state index in [1.54, 1.807) is 17.8 Å². The number of halogens is 2. The number of fused-ring (bicyclic) bond motifs is 1. The van der Waals surface area contributed by atoms with Crippen molar-refractivity contribution in [1.29, 1.82) is 0 Å². The number of carbonyl (C=O) groups is 1. The molecule has 8 heteroatoms. The molecule has 0 saturated heterocycles. The van der Waals surface area contributed by atoms with Crippen molar-refractivity contribution in [3.05, 3.63) is 47.3 Å².